The van der Waals surface area contributed by atoms with Gasteiger partial charge in [-0.3, -0.25) is 0 Å². The van der Waals surface area contributed by atoms with E-state index >= 15 is 0 Å². The highest BCUT2D eigenvalue weighted by Crippen LogP contribution is 2.43. The largest absolute Gasteiger partial charge is 0.416 e. The molecule has 0 bridgehead atoms. The Kier molecular flexibility index (Phi) is 5.38. The van der Waals surface area contributed by atoms with Crippen LogP contribution in [0.1, 0.15) is 37.0 Å². The van der Waals surface area contributed by atoms with Crippen molar-refractivity contribution < 1.29 is 18.0 Å². The summed E-state index contributed by atoms with van der Waals surface area (Å²) in [5.74, 6) is 0. The molecule has 1 atom stereocenters. The Labute approximate surface area is 167 Å². The van der Waals surface area contributed by atoms with E-state index in [4.69, 9.17) is 0 Å². The predicted molar refractivity (Wildman–Crippen MR) is 105 cm³/mol. The van der Waals surface area contributed by atoms with Crippen LogP contribution in [0.4, 0.5) is 23.7 Å². The van der Waals surface area contributed by atoms with Crippen molar-refractivity contribution in [1.82, 2.24) is 5.32 Å². The SMILES string of the molecule is CCC1(C)Cc2ccccc2C(NC(=O)Nc2cccc(C(F)(F)F)c2)=C1C#N. The summed E-state index contributed by atoms with van der Waals surface area (Å²) in [7, 11) is 0. The van der Waals surface area contributed by atoms with Crippen LogP contribution in [-0.4, -0.2) is 6.03 Å². The van der Waals surface area contributed by atoms with Gasteiger partial charge in [-0.1, -0.05) is 44.2 Å². The Morgan fingerprint density at radius 2 is 1.90 bits per heavy atom. The Morgan fingerprint density at radius 1 is 1.17 bits per heavy atom. The lowest BCUT2D eigenvalue weighted by Crippen LogP contribution is -2.35. The second-order valence-corrected chi connectivity index (χ2v) is 7.27. The van der Waals surface area contributed by atoms with Crippen molar-refractivity contribution in [2.45, 2.75) is 32.9 Å². The zero-order chi connectivity index (χ0) is 21.2. The Bertz CT molecular complexity index is 1020. The molecule has 1 aliphatic carbocycles. The minimum Gasteiger partial charge on any atom is -0.308 e. The lowest BCUT2D eigenvalue weighted by molar-refractivity contribution is -0.137. The fraction of sp³-hybridized carbons (Fsp3) is 0.273. The molecule has 0 heterocycles. The monoisotopic (exact) mass is 399 g/mol. The zero-order valence-corrected chi connectivity index (χ0v) is 16.0. The Hall–Kier alpha value is -3.27. The molecule has 2 amide bonds. The number of hydrogen-bond donors (Lipinski definition) is 2. The first kappa shape index (κ1) is 20.5. The summed E-state index contributed by atoms with van der Waals surface area (Å²) in [6.07, 6.45) is -3.14. The molecule has 0 fully saturated rings. The van der Waals surface area contributed by atoms with E-state index in [1.807, 2.05) is 38.1 Å². The van der Waals surface area contributed by atoms with Gasteiger partial charge in [0.15, 0.2) is 0 Å². The van der Waals surface area contributed by atoms with E-state index in [0.29, 0.717) is 24.1 Å². The Balaban J connectivity index is 1.93. The van der Waals surface area contributed by atoms with E-state index in [2.05, 4.69) is 16.7 Å². The minimum atomic E-state index is -4.50. The molecule has 1 aliphatic rings. The zero-order valence-electron chi connectivity index (χ0n) is 16.0. The third-order valence-corrected chi connectivity index (χ3v) is 5.30. The molecule has 0 radical (unpaired) electrons. The normalized spacial score (nSPS) is 18.6. The number of nitrogens with one attached hydrogen (secondary N) is 2. The van der Waals surface area contributed by atoms with E-state index in [0.717, 1.165) is 23.3 Å². The maximum absolute atomic E-state index is 12.9. The van der Waals surface area contributed by atoms with Gasteiger partial charge in [0.25, 0.3) is 0 Å². The van der Waals surface area contributed by atoms with Crippen LogP contribution in [0.5, 0.6) is 0 Å². The summed E-state index contributed by atoms with van der Waals surface area (Å²) in [6, 6.07) is 13.4. The van der Waals surface area contributed by atoms with Crippen LogP contribution < -0.4 is 10.6 Å². The van der Waals surface area contributed by atoms with Crippen LogP contribution in [0.3, 0.4) is 0 Å². The predicted octanol–water partition coefficient (Wildman–Crippen LogP) is 5.73. The number of amides is 2. The summed E-state index contributed by atoms with van der Waals surface area (Å²) < 4.78 is 38.7. The molecule has 7 heteroatoms. The van der Waals surface area contributed by atoms with E-state index in [9.17, 15) is 23.2 Å². The summed E-state index contributed by atoms with van der Waals surface area (Å²) >= 11 is 0. The molecule has 29 heavy (non-hydrogen) atoms. The number of urea groups is 1. The van der Waals surface area contributed by atoms with Gasteiger partial charge in [0.2, 0.25) is 0 Å². The molecule has 2 aromatic rings. The fourth-order valence-corrected chi connectivity index (χ4v) is 3.54. The van der Waals surface area contributed by atoms with Gasteiger partial charge in [0, 0.05) is 16.7 Å². The van der Waals surface area contributed by atoms with Crippen molar-refractivity contribution in [3.8, 4) is 6.07 Å². The number of nitriles is 1. The van der Waals surface area contributed by atoms with Gasteiger partial charge in [-0.25, -0.2) is 4.79 Å². The number of alkyl halides is 3. The topological polar surface area (TPSA) is 64.9 Å². The molecule has 0 saturated carbocycles. The van der Waals surface area contributed by atoms with Crippen LogP contribution in [-0.2, 0) is 12.6 Å². The number of halogens is 3. The second-order valence-electron chi connectivity index (χ2n) is 7.27. The molecule has 1 unspecified atom stereocenters. The average molecular weight is 399 g/mol. The lowest BCUT2D eigenvalue weighted by atomic mass is 9.69. The first-order chi connectivity index (χ1) is 13.7. The number of allylic oxidation sites excluding steroid dienone is 1. The fourth-order valence-electron chi connectivity index (χ4n) is 3.54. The third-order valence-electron chi connectivity index (χ3n) is 5.30. The van der Waals surface area contributed by atoms with E-state index < -0.39 is 23.2 Å². The van der Waals surface area contributed by atoms with Crippen molar-refractivity contribution in [3.05, 3.63) is 70.8 Å². The molecule has 2 N–H and O–H groups in total. The highest BCUT2D eigenvalue weighted by molar-refractivity contribution is 5.97. The maximum Gasteiger partial charge on any atom is 0.416 e. The molecule has 0 aromatic heterocycles. The van der Waals surface area contributed by atoms with Crippen LogP contribution in [0, 0.1) is 16.7 Å². The molecular formula is C22H20F3N3O. The van der Waals surface area contributed by atoms with Crippen LogP contribution in [0.15, 0.2) is 54.1 Å². The van der Waals surface area contributed by atoms with Crippen molar-refractivity contribution in [2.75, 3.05) is 5.32 Å². The van der Waals surface area contributed by atoms with Gasteiger partial charge in [-0.05, 0) is 36.6 Å². The molecule has 0 spiro atoms. The molecule has 4 nitrogen and oxygen atoms in total. The standard InChI is InChI=1S/C22H20F3N3O/c1-3-21(2)12-14-7-4-5-10-17(14)19(18(21)13-26)28-20(29)27-16-9-6-8-15(11-16)22(23,24)25/h4-11H,3,12H2,1-2H3,(H2,27,28,29). The third kappa shape index (κ3) is 4.11. The van der Waals surface area contributed by atoms with Crippen LogP contribution in [0.25, 0.3) is 5.70 Å². The average Bonchev–Trinajstić information content (AvgIpc) is 2.67. The molecule has 0 saturated heterocycles. The smallest absolute Gasteiger partial charge is 0.308 e. The number of fused-ring (bicyclic) bond motifs is 1. The number of anilines is 1. The summed E-state index contributed by atoms with van der Waals surface area (Å²) in [5.41, 5.74) is 1.31. The van der Waals surface area contributed by atoms with Gasteiger partial charge in [-0.15, -0.1) is 0 Å². The summed E-state index contributed by atoms with van der Waals surface area (Å²) in [4.78, 5) is 12.6. The first-order valence-electron chi connectivity index (χ1n) is 9.16. The van der Waals surface area contributed by atoms with E-state index in [1.165, 1.54) is 12.1 Å². The highest BCUT2D eigenvalue weighted by Gasteiger charge is 2.36. The van der Waals surface area contributed by atoms with Gasteiger partial charge in [0.05, 0.1) is 22.9 Å². The van der Waals surface area contributed by atoms with Gasteiger partial charge in [-0.2, -0.15) is 18.4 Å². The Morgan fingerprint density at radius 3 is 2.55 bits per heavy atom. The lowest BCUT2D eigenvalue weighted by Gasteiger charge is -2.35. The number of benzene rings is 2. The highest BCUT2D eigenvalue weighted by atomic mass is 19.4. The van der Waals surface area contributed by atoms with Gasteiger partial charge in [0.1, 0.15) is 0 Å². The number of rotatable bonds is 3. The number of nitrogens with zero attached hydrogens (tertiary/aromatic N) is 1. The van der Waals surface area contributed by atoms with Crippen molar-refractivity contribution in [3.63, 3.8) is 0 Å². The van der Waals surface area contributed by atoms with Crippen molar-refractivity contribution in [1.29, 1.82) is 5.26 Å². The quantitative estimate of drug-likeness (QED) is 0.692. The number of carbonyl (C=O) groups excluding carboxylic acids is 1. The van der Waals surface area contributed by atoms with Gasteiger partial charge < -0.3 is 10.6 Å². The molecular weight excluding hydrogens is 379 g/mol. The second kappa shape index (κ2) is 7.63. The molecule has 0 aliphatic heterocycles. The summed E-state index contributed by atoms with van der Waals surface area (Å²) in [5, 5.41) is 14.9. The van der Waals surface area contributed by atoms with Crippen molar-refractivity contribution in [2.24, 2.45) is 5.41 Å². The summed E-state index contributed by atoms with van der Waals surface area (Å²) in [6.45, 7) is 3.94. The van der Waals surface area contributed by atoms with E-state index in [-0.39, 0.29) is 5.69 Å². The van der Waals surface area contributed by atoms with Crippen molar-refractivity contribution >= 4 is 17.4 Å². The first-order valence-corrected chi connectivity index (χ1v) is 9.16. The number of carbonyl (C=O) groups is 1. The van der Waals surface area contributed by atoms with Gasteiger partial charge >= 0.3 is 12.2 Å². The minimum absolute atomic E-state index is 0.0128. The van der Waals surface area contributed by atoms with Crippen LogP contribution >= 0.6 is 0 Å². The molecule has 3 rings (SSSR count). The van der Waals surface area contributed by atoms with Crippen LogP contribution in [0.2, 0.25) is 0 Å². The number of hydrogen-bond acceptors (Lipinski definition) is 2. The maximum atomic E-state index is 12.9. The van der Waals surface area contributed by atoms with E-state index in [1.54, 1.807) is 0 Å². The molecule has 150 valence electrons. The molecule has 2 aromatic carbocycles.